The van der Waals surface area contributed by atoms with Gasteiger partial charge in [-0.05, 0) is 44.5 Å². The normalized spacial score (nSPS) is 12.2. The van der Waals surface area contributed by atoms with E-state index in [1.807, 2.05) is 43.0 Å². The van der Waals surface area contributed by atoms with E-state index in [1.54, 1.807) is 7.11 Å². The van der Waals surface area contributed by atoms with Crippen LogP contribution >= 0.6 is 0 Å². The highest BCUT2D eigenvalue weighted by molar-refractivity contribution is 5.94. The number of carbonyl (C=O) groups excluding carboxylic acids is 1. The molecule has 2 N–H and O–H groups in total. The summed E-state index contributed by atoms with van der Waals surface area (Å²) in [4.78, 5) is 14.2. The zero-order chi connectivity index (χ0) is 14.3. The van der Waals surface area contributed by atoms with Gasteiger partial charge in [-0.25, -0.2) is 0 Å². The summed E-state index contributed by atoms with van der Waals surface area (Å²) in [6, 6.07) is 7.75. The Kier molecular flexibility index (Phi) is 6.53. The molecule has 0 spiro atoms. The van der Waals surface area contributed by atoms with E-state index in [1.165, 1.54) is 0 Å². The number of methoxy groups -OCH3 is 1. The van der Waals surface area contributed by atoms with Gasteiger partial charge in [-0.3, -0.25) is 4.79 Å². The molecule has 106 valence electrons. The average molecular weight is 264 g/mol. The lowest BCUT2D eigenvalue weighted by atomic mass is 10.1. The first-order valence-electron chi connectivity index (χ1n) is 6.72. The molecule has 0 fully saturated rings. The Hall–Kier alpha value is -1.39. The number of likely N-dealkylation sites (N-methyl/N-ethyl adjacent to an activating group) is 1. The average Bonchev–Trinajstić information content (AvgIpc) is 2.41. The molecule has 1 unspecified atom stereocenters. The molecule has 1 amide bonds. The Morgan fingerprint density at radius 1 is 1.37 bits per heavy atom. The van der Waals surface area contributed by atoms with Gasteiger partial charge >= 0.3 is 0 Å². The van der Waals surface area contributed by atoms with Crippen molar-refractivity contribution in [2.24, 2.45) is 5.73 Å². The van der Waals surface area contributed by atoms with Gasteiger partial charge in [-0.2, -0.15) is 0 Å². The van der Waals surface area contributed by atoms with Crippen LogP contribution in [0.25, 0.3) is 0 Å². The van der Waals surface area contributed by atoms with Gasteiger partial charge in [0.05, 0.1) is 12.6 Å². The van der Waals surface area contributed by atoms with Crippen LogP contribution in [0, 0.1) is 0 Å². The molecule has 0 heterocycles. The van der Waals surface area contributed by atoms with Gasteiger partial charge in [0.15, 0.2) is 0 Å². The number of nitrogens with zero attached hydrogens (tertiary/aromatic N) is 1. The number of carbonyl (C=O) groups is 1. The number of ether oxygens (including phenoxy) is 1. The molecule has 4 nitrogen and oxygen atoms in total. The molecule has 4 heteroatoms. The van der Waals surface area contributed by atoms with Crippen LogP contribution in [0.2, 0.25) is 0 Å². The lowest BCUT2D eigenvalue weighted by molar-refractivity contribution is 0.0579. The summed E-state index contributed by atoms with van der Waals surface area (Å²) < 4.78 is 5.12. The van der Waals surface area contributed by atoms with Gasteiger partial charge in [0.2, 0.25) is 0 Å². The SMILES string of the molecule is CCN(C(=O)c1ccc(CCN)cc1)C(C)COC. The fourth-order valence-corrected chi connectivity index (χ4v) is 2.13. The number of benzene rings is 1. The summed E-state index contributed by atoms with van der Waals surface area (Å²) in [7, 11) is 1.65. The van der Waals surface area contributed by atoms with Gasteiger partial charge in [0.25, 0.3) is 5.91 Å². The lowest BCUT2D eigenvalue weighted by Crippen LogP contribution is -2.40. The minimum absolute atomic E-state index is 0.0475. The van der Waals surface area contributed by atoms with Crippen molar-refractivity contribution in [2.45, 2.75) is 26.3 Å². The molecule has 0 radical (unpaired) electrons. The largest absolute Gasteiger partial charge is 0.383 e. The minimum Gasteiger partial charge on any atom is -0.383 e. The molecule has 0 aliphatic carbocycles. The van der Waals surface area contributed by atoms with Crippen LogP contribution in [0.3, 0.4) is 0 Å². The van der Waals surface area contributed by atoms with Crippen molar-refractivity contribution in [3.05, 3.63) is 35.4 Å². The zero-order valence-electron chi connectivity index (χ0n) is 12.1. The van der Waals surface area contributed by atoms with Crippen LogP contribution in [-0.2, 0) is 11.2 Å². The lowest BCUT2D eigenvalue weighted by Gasteiger charge is -2.27. The second-order valence-corrected chi connectivity index (χ2v) is 4.63. The van der Waals surface area contributed by atoms with Crippen molar-refractivity contribution < 1.29 is 9.53 Å². The van der Waals surface area contributed by atoms with Gasteiger partial charge in [-0.15, -0.1) is 0 Å². The Bertz CT molecular complexity index is 390. The number of hydrogen-bond donors (Lipinski definition) is 1. The summed E-state index contributed by atoms with van der Waals surface area (Å²) in [6.45, 7) is 5.82. The van der Waals surface area contributed by atoms with E-state index >= 15 is 0 Å². The van der Waals surface area contributed by atoms with Crippen molar-refractivity contribution in [3.8, 4) is 0 Å². The molecule has 19 heavy (non-hydrogen) atoms. The van der Waals surface area contributed by atoms with E-state index in [0.29, 0.717) is 25.3 Å². The summed E-state index contributed by atoms with van der Waals surface area (Å²) in [6.07, 6.45) is 0.839. The maximum absolute atomic E-state index is 12.4. The predicted molar refractivity (Wildman–Crippen MR) is 77.2 cm³/mol. The maximum Gasteiger partial charge on any atom is 0.254 e. The molecule has 0 aliphatic rings. The first-order valence-corrected chi connectivity index (χ1v) is 6.72. The molecule has 1 aromatic rings. The molecule has 1 rings (SSSR count). The van der Waals surface area contributed by atoms with Crippen LogP contribution < -0.4 is 5.73 Å². The second-order valence-electron chi connectivity index (χ2n) is 4.63. The van der Waals surface area contributed by atoms with Crippen LogP contribution in [-0.4, -0.2) is 43.7 Å². The molecular weight excluding hydrogens is 240 g/mol. The van der Waals surface area contributed by atoms with E-state index in [9.17, 15) is 4.79 Å². The number of rotatable bonds is 7. The molecule has 0 aliphatic heterocycles. The van der Waals surface area contributed by atoms with Crippen molar-refractivity contribution in [2.75, 3.05) is 26.8 Å². The Morgan fingerprint density at radius 3 is 2.47 bits per heavy atom. The van der Waals surface area contributed by atoms with Gasteiger partial charge < -0.3 is 15.4 Å². The molecule has 0 bridgehead atoms. The van der Waals surface area contributed by atoms with E-state index in [2.05, 4.69) is 0 Å². The second kappa shape index (κ2) is 7.92. The van der Waals surface area contributed by atoms with Crippen LogP contribution in [0.15, 0.2) is 24.3 Å². The fraction of sp³-hybridized carbons (Fsp3) is 0.533. The molecule has 1 atom stereocenters. The predicted octanol–water partition coefficient (Wildman–Crippen LogP) is 1.68. The van der Waals surface area contributed by atoms with E-state index in [4.69, 9.17) is 10.5 Å². The van der Waals surface area contributed by atoms with E-state index < -0.39 is 0 Å². The highest BCUT2D eigenvalue weighted by Crippen LogP contribution is 2.11. The Morgan fingerprint density at radius 2 is 2.00 bits per heavy atom. The smallest absolute Gasteiger partial charge is 0.254 e. The topological polar surface area (TPSA) is 55.6 Å². The molecule has 0 aromatic heterocycles. The number of nitrogens with two attached hydrogens (primary N) is 1. The van der Waals surface area contributed by atoms with Gasteiger partial charge in [-0.1, -0.05) is 12.1 Å². The van der Waals surface area contributed by atoms with Crippen LogP contribution in [0.1, 0.15) is 29.8 Å². The van der Waals surface area contributed by atoms with E-state index in [0.717, 1.165) is 12.0 Å². The standard InChI is InChI=1S/C15H24N2O2/c1-4-17(12(2)11-19-3)15(18)14-7-5-13(6-8-14)9-10-16/h5-8,12H,4,9-11,16H2,1-3H3. The van der Waals surface area contributed by atoms with E-state index in [-0.39, 0.29) is 11.9 Å². The Balaban J connectivity index is 2.79. The summed E-state index contributed by atoms with van der Waals surface area (Å²) in [5.74, 6) is 0.0475. The van der Waals surface area contributed by atoms with Gasteiger partial charge in [0.1, 0.15) is 0 Å². The summed E-state index contributed by atoms with van der Waals surface area (Å²) in [5, 5.41) is 0. The van der Waals surface area contributed by atoms with Crippen molar-refractivity contribution in [1.29, 1.82) is 0 Å². The zero-order valence-corrected chi connectivity index (χ0v) is 12.1. The number of hydrogen-bond acceptors (Lipinski definition) is 3. The molecule has 1 aromatic carbocycles. The third-order valence-corrected chi connectivity index (χ3v) is 3.18. The van der Waals surface area contributed by atoms with Gasteiger partial charge in [0, 0.05) is 19.2 Å². The maximum atomic E-state index is 12.4. The highest BCUT2D eigenvalue weighted by atomic mass is 16.5. The number of amides is 1. The monoisotopic (exact) mass is 264 g/mol. The van der Waals surface area contributed by atoms with Crippen molar-refractivity contribution in [1.82, 2.24) is 4.90 Å². The minimum atomic E-state index is 0.0475. The third kappa shape index (κ3) is 4.33. The highest BCUT2D eigenvalue weighted by Gasteiger charge is 2.19. The summed E-state index contributed by atoms with van der Waals surface area (Å²) >= 11 is 0. The van der Waals surface area contributed by atoms with Crippen molar-refractivity contribution >= 4 is 5.91 Å². The first-order chi connectivity index (χ1) is 9.13. The van der Waals surface area contributed by atoms with Crippen LogP contribution in [0.4, 0.5) is 0 Å². The molecule has 0 saturated heterocycles. The quantitative estimate of drug-likeness (QED) is 0.815. The molecular formula is C15H24N2O2. The Labute approximate surface area is 115 Å². The molecule has 0 saturated carbocycles. The van der Waals surface area contributed by atoms with Crippen molar-refractivity contribution in [3.63, 3.8) is 0 Å². The fourth-order valence-electron chi connectivity index (χ4n) is 2.13. The van der Waals surface area contributed by atoms with Crippen LogP contribution in [0.5, 0.6) is 0 Å². The summed E-state index contributed by atoms with van der Waals surface area (Å²) in [5.41, 5.74) is 7.38. The first kappa shape index (κ1) is 15.7. The third-order valence-electron chi connectivity index (χ3n) is 3.18.